The summed E-state index contributed by atoms with van der Waals surface area (Å²) in [7, 11) is 1.51. The van der Waals surface area contributed by atoms with E-state index >= 15 is 0 Å². The van der Waals surface area contributed by atoms with Crippen molar-refractivity contribution in [2.45, 2.75) is 0 Å². The third-order valence-electron chi connectivity index (χ3n) is 2.94. The highest BCUT2D eigenvalue weighted by molar-refractivity contribution is 7.80. The van der Waals surface area contributed by atoms with E-state index in [2.05, 4.69) is 5.43 Å². The first kappa shape index (κ1) is 17.3. The Morgan fingerprint density at radius 2 is 1.96 bits per heavy atom. The molecule has 2 rings (SSSR count). The molecular formula is C15H13Cl2N3O2S. The van der Waals surface area contributed by atoms with Crippen molar-refractivity contribution in [3.8, 4) is 5.75 Å². The minimum Gasteiger partial charge on any atom is -0.494 e. The smallest absolute Gasteiger partial charge is 0.271 e. The first-order chi connectivity index (χ1) is 10.9. The molecular weight excluding hydrogens is 357 g/mol. The van der Waals surface area contributed by atoms with Crippen molar-refractivity contribution in [2.24, 2.45) is 5.73 Å². The van der Waals surface area contributed by atoms with E-state index in [0.717, 1.165) is 0 Å². The highest BCUT2D eigenvalue weighted by Crippen LogP contribution is 2.27. The van der Waals surface area contributed by atoms with Gasteiger partial charge in [0, 0.05) is 5.02 Å². The molecule has 2 aromatic carbocycles. The number of thiocarbonyl (C=S) groups is 1. The molecule has 0 unspecified atom stereocenters. The number of nitrogens with zero attached hydrogens (tertiary/aromatic N) is 1. The lowest BCUT2D eigenvalue weighted by Crippen LogP contribution is -2.49. The topological polar surface area (TPSA) is 67.6 Å². The number of benzene rings is 2. The van der Waals surface area contributed by atoms with Gasteiger partial charge in [-0.25, -0.2) is 5.01 Å². The monoisotopic (exact) mass is 369 g/mol. The molecule has 0 heterocycles. The summed E-state index contributed by atoms with van der Waals surface area (Å²) in [5, 5.41) is 1.86. The van der Waals surface area contributed by atoms with E-state index in [1.165, 1.54) is 24.3 Å². The molecule has 0 bridgehead atoms. The maximum atomic E-state index is 12.4. The quantitative estimate of drug-likeness (QED) is 0.640. The summed E-state index contributed by atoms with van der Waals surface area (Å²) in [4.78, 5) is 12.4. The molecule has 0 atom stereocenters. The van der Waals surface area contributed by atoms with Gasteiger partial charge in [0.1, 0.15) is 11.4 Å². The van der Waals surface area contributed by atoms with Crippen molar-refractivity contribution in [1.29, 1.82) is 0 Å². The first-order valence-corrected chi connectivity index (χ1v) is 7.59. The van der Waals surface area contributed by atoms with Gasteiger partial charge in [-0.3, -0.25) is 10.2 Å². The van der Waals surface area contributed by atoms with E-state index < -0.39 is 5.91 Å². The molecule has 0 saturated heterocycles. The van der Waals surface area contributed by atoms with E-state index in [1.54, 1.807) is 30.3 Å². The average molecular weight is 370 g/mol. The van der Waals surface area contributed by atoms with Crippen molar-refractivity contribution in [1.82, 2.24) is 5.43 Å². The molecule has 1 amide bonds. The normalized spacial score (nSPS) is 10.0. The Morgan fingerprint density at radius 3 is 2.57 bits per heavy atom. The average Bonchev–Trinajstić information content (AvgIpc) is 2.52. The predicted octanol–water partition coefficient (Wildman–Crippen LogP) is 3.40. The SMILES string of the molecule is COc1ccccc1N(NC(=O)c1ccc(Cl)cc1Cl)C(N)=S. The van der Waals surface area contributed by atoms with Crippen LogP contribution in [0, 0.1) is 0 Å². The number of hydrogen-bond acceptors (Lipinski definition) is 3. The van der Waals surface area contributed by atoms with Crippen LogP contribution >= 0.6 is 35.4 Å². The first-order valence-electron chi connectivity index (χ1n) is 6.42. The van der Waals surface area contributed by atoms with Crippen LogP contribution in [0.3, 0.4) is 0 Å². The number of nitrogens with one attached hydrogen (secondary N) is 1. The molecule has 8 heteroatoms. The van der Waals surface area contributed by atoms with Crippen molar-refractivity contribution < 1.29 is 9.53 Å². The van der Waals surface area contributed by atoms with Crippen LogP contribution in [0.5, 0.6) is 5.75 Å². The van der Waals surface area contributed by atoms with Gasteiger partial charge in [0.15, 0.2) is 5.11 Å². The molecule has 0 aliphatic carbocycles. The lowest BCUT2D eigenvalue weighted by molar-refractivity contribution is 0.0955. The molecule has 5 nitrogen and oxygen atoms in total. The van der Waals surface area contributed by atoms with Crippen molar-refractivity contribution in [3.05, 3.63) is 58.1 Å². The fraction of sp³-hybridized carbons (Fsp3) is 0.0667. The fourth-order valence-corrected chi connectivity index (χ4v) is 2.52. The van der Waals surface area contributed by atoms with Crippen LogP contribution in [-0.4, -0.2) is 18.1 Å². The molecule has 3 N–H and O–H groups in total. The molecule has 0 aromatic heterocycles. The van der Waals surface area contributed by atoms with Crippen molar-refractivity contribution >= 4 is 52.1 Å². The maximum absolute atomic E-state index is 12.4. The Balaban J connectivity index is 2.33. The van der Waals surface area contributed by atoms with E-state index in [9.17, 15) is 4.79 Å². The molecule has 0 fully saturated rings. The van der Waals surface area contributed by atoms with Crippen LogP contribution in [0.25, 0.3) is 0 Å². The molecule has 0 aliphatic heterocycles. The van der Waals surface area contributed by atoms with Gasteiger partial charge in [-0.2, -0.15) is 0 Å². The zero-order valence-corrected chi connectivity index (χ0v) is 14.4. The Hall–Kier alpha value is -2.02. The third-order valence-corrected chi connectivity index (χ3v) is 3.67. The second-order valence-electron chi connectivity index (χ2n) is 4.41. The van der Waals surface area contributed by atoms with E-state index in [4.69, 9.17) is 45.9 Å². The number of amides is 1. The van der Waals surface area contributed by atoms with Gasteiger partial charge < -0.3 is 10.5 Å². The summed E-state index contributed by atoms with van der Waals surface area (Å²) in [6, 6.07) is 11.6. The summed E-state index contributed by atoms with van der Waals surface area (Å²) in [6.45, 7) is 0. The van der Waals surface area contributed by atoms with Crippen LogP contribution in [0.4, 0.5) is 5.69 Å². The van der Waals surface area contributed by atoms with Gasteiger partial charge in [-0.1, -0.05) is 35.3 Å². The number of rotatable bonds is 3. The fourth-order valence-electron chi connectivity index (χ4n) is 1.88. The molecule has 2 aromatic rings. The van der Waals surface area contributed by atoms with Crippen molar-refractivity contribution in [2.75, 3.05) is 12.1 Å². The zero-order valence-electron chi connectivity index (χ0n) is 12.0. The summed E-state index contributed by atoms with van der Waals surface area (Å²) < 4.78 is 5.25. The van der Waals surface area contributed by atoms with E-state index in [0.29, 0.717) is 16.5 Å². The van der Waals surface area contributed by atoms with E-state index in [-0.39, 0.29) is 15.7 Å². The van der Waals surface area contributed by atoms with Gasteiger partial charge >= 0.3 is 0 Å². The van der Waals surface area contributed by atoms with Crippen LogP contribution in [0.15, 0.2) is 42.5 Å². The number of ether oxygens (including phenoxy) is 1. The molecule has 0 saturated carbocycles. The Morgan fingerprint density at radius 1 is 1.26 bits per heavy atom. The minimum atomic E-state index is -0.481. The molecule has 23 heavy (non-hydrogen) atoms. The van der Waals surface area contributed by atoms with Crippen molar-refractivity contribution in [3.63, 3.8) is 0 Å². The summed E-state index contributed by atoms with van der Waals surface area (Å²) in [6.07, 6.45) is 0. The highest BCUT2D eigenvalue weighted by Gasteiger charge is 2.19. The zero-order chi connectivity index (χ0) is 17.0. The van der Waals surface area contributed by atoms with Crippen LogP contribution in [0.1, 0.15) is 10.4 Å². The molecule has 120 valence electrons. The van der Waals surface area contributed by atoms with Crippen LogP contribution < -0.4 is 20.9 Å². The van der Waals surface area contributed by atoms with Gasteiger partial charge in [0.25, 0.3) is 5.91 Å². The number of anilines is 1. The number of nitrogens with two attached hydrogens (primary N) is 1. The Kier molecular flexibility index (Phi) is 5.65. The molecule has 0 radical (unpaired) electrons. The van der Waals surface area contributed by atoms with Crippen LogP contribution in [0.2, 0.25) is 10.0 Å². The number of hydrazine groups is 1. The number of halogens is 2. The number of hydrogen-bond donors (Lipinski definition) is 2. The lowest BCUT2D eigenvalue weighted by atomic mass is 10.2. The largest absolute Gasteiger partial charge is 0.494 e. The summed E-state index contributed by atoms with van der Waals surface area (Å²) >= 11 is 16.9. The van der Waals surface area contributed by atoms with Gasteiger partial charge in [0.05, 0.1) is 17.7 Å². The number of carbonyl (C=O) groups excluding carboxylic acids is 1. The van der Waals surface area contributed by atoms with Gasteiger partial charge in [0.2, 0.25) is 0 Å². The second kappa shape index (κ2) is 7.50. The lowest BCUT2D eigenvalue weighted by Gasteiger charge is -2.25. The molecule has 0 aliphatic rings. The number of methoxy groups -OCH3 is 1. The second-order valence-corrected chi connectivity index (χ2v) is 5.67. The standard InChI is InChI=1S/C15H13Cl2N3O2S/c1-22-13-5-3-2-4-12(13)20(15(18)23)19-14(21)10-7-6-9(16)8-11(10)17/h2-8H,1H3,(H2,18,23)(H,19,21). The number of carbonyl (C=O) groups is 1. The maximum Gasteiger partial charge on any atom is 0.271 e. The highest BCUT2D eigenvalue weighted by atomic mass is 35.5. The van der Waals surface area contributed by atoms with Crippen LogP contribution in [-0.2, 0) is 0 Å². The summed E-state index contributed by atoms with van der Waals surface area (Å²) in [5.41, 5.74) is 9.06. The number of para-hydroxylation sites is 2. The third kappa shape index (κ3) is 4.04. The molecule has 0 spiro atoms. The Bertz CT molecular complexity index is 755. The predicted molar refractivity (Wildman–Crippen MR) is 96.2 cm³/mol. The summed E-state index contributed by atoms with van der Waals surface area (Å²) in [5.74, 6) is 0.0215. The van der Waals surface area contributed by atoms with Gasteiger partial charge in [-0.05, 0) is 42.5 Å². The Labute approximate surface area is 148 Å². The van der Waals surface area contributed by atoms with Gasteiger partial charge in [-0.15, -0.1) is 0 Å². The minimum absolute atomic E-state index is 0.0482. The van der Waals surface area contributed by atoms with E-state index in [1.807, 2.05) is 0 Å².